The summed E-state index contributed by atoms with van der Waals surface area (Å²) in [5.74, 6) is 0. The van der Waals surface area contributed by atoms with Crippen LogP contribution in [0.25, 0.3) is 22.3 Å². The number of allylic oxidation sites excluding steroid dienone is 12. The Hall–Kier alpha value is -6.26. The van der Waals surface area contributed by atoms with E-state index in [2.05, 4.69) is 0 Å². The van der Waals surface area contributed by atoms with Crippen LogP contribution in [-0.4, -0.2) is 74.7 Å². The summed E-state index contributed by atoms with van der Waals surface area (Å²) in [4.78, 5) is 18.1. The Morgan fingerprint density at radius 2 is 0.723 bits per heavy atom. The summed E-state index contributed by atoms with van der Waals surface area (Å²) in [6, 6.07) is 20.9. The predicted octanol–water partition coefficient (Wildman–Crippen LogP) is 6.67. The molecular formula is C44H28N4O12S4Zn. The zero-order chi connectivity index (χ0) is 45.3. The molecule has 0 saturated heterocycles. The average molecular weight is 998 g/mol. The third-order valence-electron chi connectivity index (χ3n) is 10.3. The van der Waals surface area contributed by atoms with E-state index in [-0.39, 0.29) is 47.1 Å². The number of aliphatic imine (C=N–C) groups is 4. The Morgan fingerprint density at radius 1 is 0.354 bits per heavy atom. The monoisotopic (exact) mass is 996 g/mol. The van der Waals surface area contributed by atoms with Crippen molar-refractivity contribution in [1.29, 1.82) is 0 Å². The van der Waals surface area contributed by atoms with Crippen LogP contribution in [0.3, 0.4) is 0 Å². The van der Waals surface area contributed by atoms with Gasteiger partial charge in [0.2, 0.25) is 0 Å². The molecule has 0 saturated carbocycles. The van der Waals surface area contributed by atoms with Gasteiger partial charge in [-0.3, -0.25) is 18.2 Å². The Labute approximate surface area is 384 Å². The van der Waals surface area contributed by atoms with Crippen molar-refractivity contribution >= 4 is 85.6 Å². The van der Waals surface area contributed by atoms with E-state index in [0.717, 1.165) is 0 Å². The molecular weight excluding hydrogens is 970 g/mol. The molecule has 0 unspecified atom stereocenters. The molecule has 5 heterocycles. The van der Waals surface area contributed by atoms with Gasteiger partial charge in [0.15, 0.2) is 0 Å². The van der Waals surface area contributed by atoms with Crippen LogP contribution in [0.2, 0.25) is 0 Å². The van der Waals surface area contributed by atoms with Crippen LogP contribution < -0.4 is 0 Å². The number of nitrogens with zero attached hydrogens (tertiary/aromatic N) is 4. The Bertz CT molecular complexity index is 3630. The second-order valence-electron chi connectivity index (χ2n) is 14.4. The molecule has 0 amide bonds. The Balaban J connectivity index is 0.00000576. The molecule has 0 radical (unpaired) electrons. The molecule has 4 aromatic rings. The zero-order valence-corrected chi connectivity index (χ0v) is 39.3. The summed E-state index contributed by atoms with van der Waals surface area (Å²) >= 11 is 0. The van der Waals surface area contributed by atoms with Crippen LogP contribution >= 0.6 is 0 Å². The molecule has 0 aliphatic carbocycles. The van der Waals surface area contributed by atoms with E-state index in [1.807, 2.05) is 0 Å². The van der Waals surface area contributed by atoms with E-state index in [0.29, 0.717) is 67.5 Å². The van der Waals surface area contributed by atoms with E-state index in [4.69, 9.17) is 20.0 Å². The minimum absolute atomic E-state index is 0. The molecule has 65 heavy (non-hydrogen) atoms. The second-order valence-corrected chi connectivity index (χ2v) is 20.1. The maximum absolute atomic E-state index is 12.3. The molecule has 0 atom stereocenters. The quantitative estimate of drug-likeness (QED) is 0.106. The van der Waals surface area contributed by atoms with Crippen LogP contribution in [0.5, 0.6) is 0 Å². The van der Waals surface area contributed by atoms with Gasteiger partial charge in [0.05, 0.1) is 65.2 Å². The van der Waals surface area contributed by atoms with E-state index in [1.54, 1.807) is 48.6 Å². The zero-order valence-electron chi connectivity index (χ0n) is 33.0. The van der Waals surface area contributed by atoms with Crippen LogP contribution in [-0.2, 0) is 60.0 Å². The SMILES string of the molecule is O=S(=O)(O)c1ccc(C2=CC3=CC4=NC(=CC5=NC(=CC6=NC(=C(c7ccc(S(=O)(=O)O)cc7)C2=N3)C(c2ccc(S(=O)(=O)O)cc2)=C6c2ccc(S(=O)(=O)O)cc2)C=C5)C=C4)cc1.[Zn]. The van der Waals surface area contributed by atoms with Gasteiger partial charge in [0.25, 0.3) is 40.5 Å². The van der Waals surface area contributed by atoms with Crippen molar-refractivity contribution in [3.05, 3.63) is 191 Å². The van der Waals surface area contributed by atoms with Crippen LogP contribution in [0, 0.1) is 0 Å². The van der Waals surface area contributed by atoms with E-state index in [9.17, 15) is 51.9 Å². The fourth-order valence-electron chi connectivity index (χ4n) is 7.39. The molecule has 5 aliphatic heterocycles. The molecule has 9 rings (SSSR count). The molecule has 0 spiro atoms. The van der Waals surface area contributed by atoms with Gasteiger partial charge >= 0.3 is 0 Å². The van der Waals surface area contributed by atoms with Crippen molar-refractivity contribution in [1.82, 2.24) is 0 Å². The van der Waals surface area contributed by atoms with Gasteiger partial charge in [0, 0.05) is 41.8 Å². The second kappa shape index (κ2) is 16.6. The van der Waals surface area contributed by atoms with Gasteiger partial charge in [-0.25, -0.2) is 20.0 Å². The van der Waals surface area contributed by atoms with E-state index in [1.165, 1.54) is 97.1 Å². The van der Waals surface area contributed by atoms with Gasteiger partial charge in [-0.05, 0) is 119 Å². The molecule has 4 N–H and O–H groups in total. The van der Waals surface area contributed by atoms with Gasteiger partial charge in [-0.15, -0.1) is 0 Å². The van der Waals surface area contributed by atoms with Crippen molar-refractivity contribution in [2.24, 2.45) is 20.0 Å². The van der Waals surface area contributed by atoms with Crippen LogP contribution in [0.15, 0.2) is 208 Å². The molecule has 0 fully saturated rings. The fourth-order valence-corrected chi connectivity index (χ4v) is 9.31. The predicted molar refractivity (Wildman–Crippen MR) is 239 cm³/mol. The van der Waals surface area contributed by atoms with Gasteiger partial charge in [-0.2, -0.15) is 33.7 Å². The van der Waals surface area contributed by atoms with Crippen molar-refractivity contribution in [2.45, 2.75) is 19.6 Å². The average Bonchev–Trinajstić information content (AvgIpc) is 4.05. The molecule has 4 aromatic carbocycles. The summed E-state index contributed by atoms with van der Waals surface area (Å²) < 4.78 is 137. The molecule has 16 nitrogen and oxygen atoms in total. The number of hydrogen-bond donors (Lipinski definition) is 4. The summed E-state index contributed by atoms with van der Waals surface area (Å²) in [6.07, 6.45) is 13.9. The van der Waals surface area contributed by atoms with Crippen LogP contribution in [0.4, 0.5) is 0 Å². The van der Waals surface area contributed by atoms with Crippen molar-refractivity contribution in [2.75, 3.05) is 0 Å². The van der Waals surface area contributed by atoms with Gasteiger partial charge < -0.3 is 0 Å². The maximum Gasteiger partial charge on any atom is 0.294 e. The third-order valence-corrected chi connectivity index (χ3v) is 13.7. The molecule has 21 heteroatoms. The first-order valence-electron chi connectivity index (χ1n) is 18.6. The van der Waals surface area contributed by atoms with Crippen molar-refractivity contribution < 1.29 is 71.4 Å². The largest absolute Gasteiger partial charge is 0.294 e. The number of rotatable bonds is 8. The molecule has 322 valence electrons. The maximum atomic E-state index is 12.3. The first kappa shape index (κ1) is 45.3. The first-order valence-corrected chi connectivity index (χ1v) is 24.3. The smallest absolute Gasteiger partial charge is 0.282 e. The third kappa shape index (κ3) is 9.19. The number of fused-ring (bicyclic) bond motifs is 4. The first-order chi connectivity index (χ1) is 30.2. The summed E-state index contributed by atoms with van der Waals surface area (Å²) in [7, 11) is -18.6. The Morgan fingerprint density at radius 3 is 1.15 bits per heavy atom. The van der Waals surface area contributed by atoms with Gasteiger partial charge in [0.1, 0.15) is 0 Å². The standard InChI is InChI=1S/C44H28N4O12S4.Zn/c49-61(50,51)34-13-1-25(2-14-34)38-23-33-22-31-10-9-29(45-31)21-30-11-12-32(46-30)24-39-40(26-3-15-35(16-4-26)62(52,53)54)41(27-5-17-36(18-6-27)63(55,56)57)44(48-39)42(43(38)47-33)28-7-19-37(20-8-28)64(58,59)60;/h1-24H,(H,49,50,51)(H,52,53,54)(H,55,56,57)(H,58,59,60);. The van der Waals surface area contributed by atoms with E-state index < -0.39 is 55.2 Å². The minimum atomic E-state index is -4.68. The number of hydrogen-bond acceptors (Lipinski definition) is 12. The summed E-state index contributed by atoms with van der Waals surface area (Å²) in [5, 5.41) is 0. The van der Waals surface area contributed by atoms with Crippen molar-refractivity contribution in [3.63, 3.8) is 0 Å². The van der Waals surface area contributed by atoms with Gasteiger partial charge in [-0.1, -0.05) is 48.5 Å². The van der Waals surface area contributed by atoms with Crippen molar-refractivity contribution in [3.8, 4) is 0 Å². The Kier molecular flexibility index (Phi) is 11.6. The summed E-state index contributed by atoms with van der Waals surface area (Å²) in [5.41, 5.74) is 5.69. The normalized spacial score (nSPS) is 17.2. The molecule has 5 aliphatic rings. The fraction of sp³-hybridized carbons (Fsp3) is 0. The minimum Gasteiger partial charge on any atom is -0.282 e. The van der Waals surface area contributed by atoms with E-state index >= 15 is 0 Å². The molecule has 0 aromatic heterocycles. The summed E-state index contributed by atoms with van der Waals surface area (Å²) in [6.45, 7) is 0. The number of benzene rings is 4. The topological polar surface area (TPSA) is 267 Å². The molecule has 8 bridgehead atoms. The van der Waals surface area contributed by atoms with Crippen LogP contribution in [0.1, 0.15) is 22.3 Å².